The number of H-pyrrole nitrogens is 1. The first-order valence-electron chi connectivity index (χ1n) is 12.9. The molecule has 45 heavy (non-hydrogen) atoms. The van der Waals surface area contributed by atoms with Crippen LogP contribution in [0.25, 0.3) is 27.5 Å². The number of aromatic nitrogens is 4. The molecule has 15 heteroatoms. The van der Waals surface area contributed by atoms with Gasteiger partial charge in [-0.05, 0) is 66.1 Å². The van der Waals surface area contributed by atoms with E-state index in [0.29, 0.717) is 27.3 Å². The largest absolute Gasteiger partial charge is 0.488 e. The van der Waals surface area contributed by atoms with Crippen molar-refractivity contribution in [1.82, 2.24) is 20.0 Å². The van der Waals surface area contributed by atoms with E-state index in [2.05, 4.69) is 51.9 Å². The summed E-state index contributed by atoms with van der Waals surface area (Å²) < 4.78 is 38.8. The van der Waals surface area contributed by atoms with E-state index in [4.69, 9.17) is 14.8 Å². The number of esters is 2. The van der Waals surface area contributed by atoms with Gasteiger partial charge in [-0.15, -0.1) is 0 Å². The van der Waals surface area contributed by atoms with Crippen molar-refractivity contribution in [2.24, 2.45) is 0 Å². The predicted octanol–water partition coefficient (Wildman–Crippen LogP) is 5.33. The monoisotopic (exact) mass is 742 g/mol. The molecule has 0 saturated heterocycles. The minimum atomic E-state index is -1.38. The third-order valence-electron chi connectivity index (χ3n) is 6.13. The van der Waals surface area contributed by atoms with Gasteiger partial charge in [0.05, 0.1) is 30.9 Å². The molecule has 0 atom stereocenters. The van der Waals surface area contributed by atoms with E-state index in [9.17, 15) is 18.4 Å². The van der Waals surface area contributed by atoms with Gasteiger partial charge in [-0.3, -0.25) is 5.10 Å². The van der Waals surface area contributed by atoms with Gasteiger partial charge >= 0.3 is 19.1 Å². The highest BCUT2D eigenvalue weighted by molar-refractivity contribution is 9.10. The number of fused-ring (bicyclic) bond motifs is 2. The fraction of sp³-hybridized carbons (Fsp3) is 0.0667. The first-order chi connectivity index (χ1) is 21.5. The lowest BCUT2D eigenvalue weighted by atomic mass is 9.81. The van der Waals surface area contributed by atoms with E-state index < -0.39 is 24.9 Å². The molecule has 4 aromatic carbocycles. The predicted molar refractivity (Wildman–Crippen MR) is 171 cm³/mol. The Balaban J connectivity index is 0.000000166. The smallest absolute Gasteiger partial charge is 0.464 e. The molecule has 0 amide bonds. The standard InChI is InChI=1S/C15H10BrFN2O2.C9H7FN2O2.C6H6BBrO2/c1-21-15(20)14-12-6-5-10(17)8-13(12)19(18-14)11-4-2-3-9(16)7-11;1-14-9(13)8-6-3-2-5(10)4-7(6)11-12-8;8-6-3-1-2-5(4-6)7(9)10/h2-8H,1H3;2-4H,1H3,(H,11,12);1-4,9-10H. The van der Waals surface area contributed by atoms with Crippen LogP contribution in [0.2, 0.25) is 0 Å². The number of aromatic amines is 1. The maximum absolute atomic E-state index is 13.5. The van der Waals surface area contributed by atoms with Gasteiger partial charge in [0, 0.05) is 25.8 Å². The van der Waals surface area contributed by atoms with Crippen LogP contribution in [0.5, 0.6) is 0 Å². The number of halogens is 4. The minimum absolute atomic E-state index is 0.160. The van der Waals surface area contributed by atoms with Crippen molar-refractivity contribution in [3.8, 4) is 5.69 Å². The van der Waals surface area contributed by atoms with Crippen LogP contribution in [0.4, 0.5) is 8.78 Å². The number of rotatable bonds is 4. The molecule has 2 aromatic heterocycles. The first kappa shape index (κ1) is 33.5. The molecule has 3 N–H and O–H groups in total. The van der Waals surface area contributed by atoms with Gasteiger partial charge in [-0.25, -0.2) is 23.1 Å². The van der Waals surface area contributed by atoms with Crippen molar-refractivity contribution in [3.05, 3.63) is 117 Å². The quantitative estimate of drug-likeness (QED) is 0.163. The molecule has 0 radical (unpaired) electrons. The van der Waals surface area contributed by atoms with Crippen LogP contribution in [-0.2, 0) is 9.47 Å². The van der Waals surface area contributed by atoms with Crippen molar-refractivity contribution in [1.29, 1.82) is 0 Å². The van der Waals surface area contributed by atoms with Crippen molar-refractivity contribution in [2.75, 3.05) is 14.2 Å². The number of methoxy groups -OCH3 is 2. The number of nitrogens with zero attached hydrogens (tertiary/aromatic N) is 3. The number of carbonyl (C=O) groups is 2. The molecule has 6 aromatic rings. The summed E-state index contributed by atoms with van der Waals surface area (Å²) in [7, 11) is 1.18. The zero-order chi connectivity index (χ0) is 32.7. The maximum atomic E-state index is 13.5. The summed E-state index contributed by atoms with van der Waals surface area (Å²) in [5.74, 6) is -1.86. The molecule has 0 bridgehead atoms. The van der Waals surface area contributed by atoms with Gasteiger partial charge in [0.25, 0.3) is 0 Å². The highest BCUT2D eigenvalue weighted by Gasteiger charge is 2.19. The minimum Gasteiger partial charge on any atom is -0.464 e. The fourth-order valence-electron chi connectivity index (χ4n) is 4.05. The van der Waals surface area contributed by atoms with E-state index in [0.717, 1.165) is 14.6 Å². The lowest BCUT2D eigenvalue weighted by molar-refractivity contribution is 0.0587. The number of carbonyl (C=O) groups excluding carboxylic acids is 2. The van der Waals surface area contributed by atoms with Crippen LogP contribution in [-0.4, -0.2) is 63.3 Å². The highest BCUT2D eigenvalue weighted by Crippen LogP contribution is 2.25. The number of hydrogen-bond acceptors (Lipinski definition) is 8. The first-order valence-corrected chi connectivity index (χ1v) is 14.5. The third-order valence-corrected chi connectivity index (χ3v) is 7.11. The second kappa shape index (κ2) is 15.0. The van der Waals surface area contributed by atoms with Crippen LogP contribution in [0.15, 0.2) is 93.9 Å². The van der Waals surface area contributed by atoms with Crippen molar-refractivity contribution in [3.63, 3.8) is 0 Å². The second-order valence-electron chi connectivity index (χ2n) is 9.08. The molecule has 0 aliphatic rings. The highest BCUT2D eigenvalue weighted by atomic mass is 79.9. The lowest BCUT2D eigenvalue weighted by Crippen LogP contribution is -2.29. The van der Waals surface area contributed by atoms with Gasteiger partial charge < -0.3 is 19.5 Å². The van der Waals surface area contributed by atoms with Crippen molar-refractivity contribution >= 4 is 78.2 Å². The van der Waals surface area contributed by atoms with Crippen LogP contribution in [0.1, 0.15) is 21.0 Å². The summed E-state index contributed by atoms with van der Waals surface area (Å²) in [6.45, 7) is 0. The zero-order valence-electron chi connectivity index (χ0n) is 23.5. The van der Waals surface area contributed by atoms with E-state index in [1.807, 2.05) is 30.3 Å². The summed E-state index contributed by atoms with van der Waals surface area (Å²) in [6, 6.07) is 22.4. The van der Waals surface area contributed by atoms with E-state index >= 15 is 0 Å². The van der Waals surface area contributed by atoms with Crippen LogP contribution >= 0.6 is 31.9 Å². The average Bonchev–Trinajstić information content (AvgIpc) is 3.62. The van der Waals surface area contributed by atoms with Crippen LogP contribution in [0.3, 0.4) is 0 Å². The summed E-state index contributed by atoms with van der Waals surface area (Å²) in [4.78, 5) is 23.0. The van der Waals surface area contributed by atoms with Crippen LogP contribution < -0.4 is 5.46 Å². The van der Waals surface area contributed by atoms with Crippen molar-refractivity contribution in [2.45, 2.75) is 0 Å². The molecule has 0 aliphatic carbocycles. The number of hydrogen-bond donors (Lipinski definition) is 3. The Morgan fingerprint density at radius 1 is 0.800 bits per heavy atom. The molecule has 2 heterocycles. The normalized spacial score (nSPS) is 10.4. The fourth-order valence-corrected chi connectivity index (χ4v) is 4.86. The molecule has 0 aliphatic heterocycles. The molecule has 10 nitrogen and oxygen atoms in total. The summed E-state index contributed by atoms with van der Waals surface area (Å²) in [6.07, 6.45) is 0. The van der Waals surface area contributed by atoms with Gasteiger partial charge in [-0.2, -0.15) is 10.2 Å². The summed E-state index contributed by atoms with van der Waals surface area (Å²) in [5, 5.41) is 29.0. The Morgan fingerprint density at radius 2 is 1.40 bits per heavy atom. The van der Waals surface area contributed by atoms with Gasteiger partial charge in [0.2, 0.25) is 0 Å². The lowest BCUT2D eigenvalue weighted by Gasteiger charge is -2.03. The zero-order valence-corrected chi connectivity index (χ0v) is 26.7. The molecule has 6 rings (SSSR count). The van der Waals surface area contributed by atoms with Gasteiger partial charge in [-0.1, -0.05) is 50.1 Å². The molecule has 0 spiro atoms. The average molecular weight is 744 g/mol. The molecule has 0 saturated carbocycles. The molecule has 0 unspecified atom stereocenters. The van der Waals surface area contributed by atoms with Crippen molar-refractivity contribution < 1.29 is 37.9 Å². The van der Waals surface area contributed by atoms with E-state index in [1.54, 1.807) is 18.2 Å². The van der Waals surface area contributed by atoms with E-state index in [1.165, 1.54) is 55.3 Å². The van der Waals surface area contributed by atoms with Gasteiger partial charge in [0.1, 0.15) is 11.6 Å². The molecular weight excluding hydrogens is 721 g/mol. The Labute approximate surface area is 272 Å². The Hall–Kier alpha value is -4.44. The Morgan fingerprint density at radius 3 is 2.00 bits per heavy atom. The molecule has 0 fully saturated rings. The SMILES string of the molecule is COC(=O)c1n[nH]c2cc(F)ccc12.COC(=O)c1nn(-c2cccc(Br)c2)c2cc(F)ccc12.OB(O)c1cccc(Br)c1. The summed E-state index contributed by atoms with van der Waals surface area (Å²) in [5.41, 5.74) is 2.53. The van der Waals surface area contributed by atoms with Crippen LogP contribution in [0, 0.1) is 11.6 Å². The number of ether oxygens (including phenoxy) is 2. The van der Waals surface area contributed by atoms with Gasteiger partial charge in [0.15, 0.2) is 11.4 Å². The molecular formula is C30H23BBr2F2N4O6. The number of benzene rings is 4. The number of nitrogens with one attached hydrogen (secondary N) is 1. The Bertz CT molecular complexity index is 1990. The Kier molecular flexibility index (Phi) is 11.2. The summed E-state index contributed by atoms with van der Waals surface area (Å²) >= 11 is 6.59. The van der Waals surface area contributed by atoms with E-state index in [-0.39, 0.29) is 17.2 Å². The topological polar surface area (TPSA) is 140 Å². The second-order valence-corrected chi connectivity index (χ2v) is 10.9. The third kappa shape index (κ3) is 8.19. The maximum Gasteiger partial charge on any atom is 0.488 e. The molecule has 230 valence electrons.